The Morgan fingerprint density at radius 3 is 2.65 bits per heavy atom. The van der Waals surface area contributed by atoms with E-state index in [1.165, 1.54) is 12.1 Å². The van der Waals surface area contributed by atoms with Crippen molar-refractivity contribution in [1.82, 2.24) is 5.32 Å². The van der Waals surface area contributed by atoms with Crippen LogP contribution in [-0.2, 0) is 14.6 Å². The number of carbonyl (C=O) groups is 1. The summed E-state index contributed by atoms with van der Waals surface area (Å²) in [6.45, 7) is 0.674. The van der Waals surface area contributed by atoms with Gasteiger partial charge in [0.25, 0.3) is 0 Å². The summed E-state index contributed by atoms with van der Waals surface area (Å²) in [5.41, 5.74) is 0.182. The van der Waals surface area contributed by atoms with Gasteiger partial charge in [0, 0.05) is 12.1 Å². The summed E-state index contributed by atoms with van der Waals surface area (Å²) in [5, 5.41) is 5.36. The minimum absolute atomic E-state index is 0.182. The predicted octanol–water partition coefficient (Wildman–Crippen LogP) is 1.62. The fourth-order valence-corrected chi connectivity index (χ4v) is 2.27. The summed E-state index contributed by atoms with van der Waals surface area (Å²) in [5.74, 6) is -3.78. The van der Waals surface area contributed by atoms with Crippen molar-refractivity contribution in [2.75, 3.05) is 18.9 Å². The van der Waals surface area contributed by atoms with E-state index in [0.29, 0.717) is 13.0 Å². The number of nitrogens with one attached hydrogen (secondary N) is 2. The first-order chi connectivity index (χ1) is 9.37. The molecule has 0 atom stereocenters. The zero-order chi connectivity index (χ0) is 15.2. The Labute approximate surface area is 116 Å². The van der Waals surface area contributed by atoms with E-state index in [4.69, 9.17) is 0 Å². The van der Waals surface area contributed by atoms with Crippen LogP contribution in [0.15, 0.2) is 29.2 Å². The number of rotatable bonds is 7. The van der Waals surface area contributed by atoms with Gasteiger partial charge in [-0.2, -0.15) is 8.78 Å². The first-order valence-corrected chi connectivity index (χ1v) is 7.49. The smallest absolute Gasteiger partial charge is 0.326 e. The lowest BCUT2D eigenvalue weighted by Crippen LogP contribution is -2.16. The highest BCUT2D eigenvalue weighted by Gasteiger charge is 2.26. The highest BCUT2D eigenvalue weighted by atomic mass is 32.2. The molecule has 5 nitrogen and oxygen atoms in total. The second-order valence-corrected chi connectivity index (χ2v) is 6.01. The highest BCUT2D eigenvalue weighted by molar-refractivity contribution is 7.91. The second kappa shape index (κ2) is 7.30. The van der Waals surface area contributed by atoms with Gasteiger partial charge in [-0.3, -0.25) is 4.79 Å². The lowest BCUT2D eigenvalue weighted by molar-refractivity contribution is -0.116. The summed E-state index contributed by atoms with van der Waals surface area (Å²) in [6, 6.07) is 4.84. The topological polar surface area (TPSA) is 75.3 Å². The van der Waals surface area contributed by atoms with Gasteiger partial charge in [0.1, 0.15) is 0 Å². The fourth-order valence-electron chi connectivity index (χ4n) is 1.50. The Bertz CT molecular complexity index is 562. The van der Waals surface area contributed by atoms with Crippen molar-refractivity contribution in [2.45, 2.75) is 23.5 Å². The Balaban J connectivity index is 2.77. The first-order valence-electron chi connectivity index (χ1n) is 5.94. The van der Waals surface area contributed by atoms with Crippen LogP contribution < -0.4 is 10.6 Å². The number of hydrogen-bond acceptors (Lipinski definition) is 4. The molecule has 0 aliphatic heterocycles. The predicted molar refractivity (Wildman–Crippen MR) is 71.4 cm³/mol. The first kappa shape index (κ1) is 16.5. The van der Waals surface area contributed by atoms with Crippen molar-refractivity contribution < 1.29 is 22.0 Å². The van der Waals surface area contributed by atoms with Gasteiger partial charge in [0.2, 0.25) is 15.7 Å². The molecule has 20 heavy (non-hydrogen) atoms. The molecule has 0 saturated carbocycles. The molecule has 1 amide bonds. The maximum Gasteiger partial charge on any atom is 0.341 e. The van der Waals surface area contributed by atoms with E-state index >= 15 is 0 Å². The normalized spacial score (nSPS) is 11.6. The molecule has 0 radical (unpaired) electrons. The van der Waals surface area contributed by atoms with Gasteiger partial charge in [-0.15, -0.1) is 0 Å². The van der Waals surface area contributed by atoms with Crippen molar-refractivity contribution in [3.05, 3.63) is 24.3 Å². The molecule has 1 rings (SSSR count). The van der Waals surface area contributed by atoms with E-state index in [-0.39, 0.29) is 18.0 Å². The molecule has 8 heteroatoms. The molecule has 0 spiro atoms. The number of sulfone groups is 1. The number of carbonyl (C=O) groups excluding carboxylic acids is 1. The standard InChI is InChI=1S/C12H16F2N2O3S/c1-15-7-3-6-11(17)16-9-4-2-5-10(8-9)20(18,19)12(13)14/h2,4-5,8,12,15H,3,6-7H2,1H3,(H,16,17). The van der Waals surface area contributed by atoms with Gasteiger partial charge in [0.05, 0.1) is 4.90 Å². The van der Waals surface area contributed by atoms with Gasteiger partial charge < -0.3 is 10.6 Å². The van der Waals surface area contributed by atoms with Crippen LogP contribution in [0.5, 0.6) is 0 Å². The van der Waals surface area contributed by atoms with Crippen LogP contribution in [0.2, 0.25) is 0 Å². The fraction of sp³-hybridized carbons (Fsp3) is 0.417. The number of benzene rings is 1. The molecule has 0 unspecified atom stereocenters. The lowest BCUT2D eigenvalue weighted by atomic mass is 10.2. The van der Waals surface area contributed by atoms with Crippen molar-refractivity contribution in [3.63, 3.8) is 0 Å². The van der Waals surface area contributed by atoms with Gasteiger partial charge in [-0.05, 0) is 38.2 Å². The third kappa shape index (κ3) is 4.53. The average Bonchev–Trinajstić information content (AvgIpc) is 2.39. The molecule has 0 aliphatic carbocycles. The molecule has 112 valence electrons. The van der Waals surface area contributed by atoms with Crippen LogP contribution in [0.4, 0.5) is 14.5 Å². The lowest BCUT2D eigenvalue weighted by Gasteiger charge is -2.08. The van der Waals surface area contributed by atoms with E-state index in [9.17, 15) is 22.0 Å². The van der Waals surface area contributed by atoms with E-state index in [2.05, 4.69) is 10.6 Å². The summed E-state index contributed by atoms with van der Waals surface area (Å²) < 4.78 is 47.5. The minimum Gasteiger partial charge on any atom is -0.326 e. The highest BCUT2D eigenvalue weighted by Crippen LogP contribution is 2.21. The molecule has 2 N–H and O–H groups in total. The number of anilines is 1. The van der Waals surface area contributed by atoms with Crippen LogP contribution in [0.1, 0.15) is 12.8 Å². The molecule has 1 aromatic rings. The van der Waals surface area contributed by atoms with Gasteiger partial charge in [-0.25, -0.2) is 8.42 Å². The Morgan fingerprint density at radius 2 is 2.05 bits per heavy atom. The van der Waals surface area contributed by atoms with Crippen molar-refractivity contribution >= 4 is 21.4 Å². The van der Waals surface area contributed by atoms with Gasteiger partial charge in [0.15, 0.2) is 0 Å². The van der Waals surface area contributed by atoms with Crippen molar-refractivity contribution in [2.24, 2.45) is 0 Å². The van der Waals surface area contributed by atoms with Crippen LogP contribution in [0.25, 0.3) is 0 Å². The second-order valence-electron chi connectivity index (χ2n) is 4.09. The quantitative estimate of drug-likeness (QED) is 0.751. The van der Waals surface area contributed by atoms with Crippen LogP contribution in [0, 0.1) is 0 Å². The summed E-state index contributed by atoms with van der Waals surface area (Å²) in [6.07, 6.45) is 0.879. The molecular formula is C12H16F2N2O3S. The third-order valence-corrected chi connectivity index (χ3v) is 3.89. The van der Waals surface area contributed by atoms with Crippen molar-refractivity contribution in [1.29, 1.82) is 0 Å². The Hall–Kier alpha value is -1.54. The number of halogens is 2. The largest absolute Gasteiger partial charge is 0.341 e. The molecular weight excluding hydrogens is 290 g/mol. The molecule has 0 aromatic heterocycles. The summed E-state index contributed by atoms with van der Waals surface area (Å²) in [4.78, 5) is 11.0. The molecule has 0 saturated heterocycles. The van der Waals surface area contributed by atoms with E-state index in [1.807, 2.05) is 0 Å². The Kier molecular flexibility index (Phi) is 6.03. The maximum absolute atomic E-state index is 12.4. The number of hydrogen-bond donors (Lipinski definition) is 2. The van der Waals surface area contributed by atoms with E-state index in [1.54, 1.807) is 7.05 Å². The van der Waals surface area contributed by atoms with Gasteiger partial charge in [-0.1, -0.05) is 6.07 Å². The third-order valence-electron chi connectivity index (χ3n) is 2.51. The van der Waals surface area contributed by atoms with Crippen molar-refractivity contribution in [3.8, 4) is 0 Å². The minimum atomic E-state index is -4.65. The molecule has 0 bridgehead atoms. The number of alkyl halides is 2. The number of amides is 1. The monoisotopic (exact) mass is 306 g/mol. The van der Waals surface area contributed by atoms with Crippen LogP contribution in [0.3, 0.4) is 0 Å². The maximum atomic E-state index is 12.4. The summed E-state index contributed by atoms with van der Waals surface area (Å²) in [7, 11) is -2.89. The SMILES string of the molecule is CNCCCC(=O)Nc1cccc(S(=O)(=O)C(F)F)c1. The van der Waals surface area contributed by atoms with Gasteiger partial charge >= 0.3 is 5.76 Å². The summed E-state index contributed by atoms with van der Waals surface area (Å²) >= 11 is 0. The molecule has 1 aromatic carbocycles. The Morgan fingerprint density at radius 1 is 1.35 bits per heavy atom. The average molecular weight is 306 g/mol. The van der Waals surface area contributed by atoms with Crippen LogP contribution in [-0.4, -0.2) is 33.7 Å². The molecule has 0 heterocycles. The zero-order valence-corrected chi connectivity index (χ0v) is 11.7. The van der Waals surface area contributed by atoms with Crippen LogP contribution >= 0.6 is 0 Å². The van der Waals surface area contributed by atoms with E-state index < -0.39 is 20.5 Å². The zero-order valence-electron chi connectivity index (χ0n) is 10.9. The molecule has 0 fully saturated rings. The molecule has 0 aliphatic rings. The van der Waals surface area contributed by atoms with E-state index in [0.717, 1.165) is 12.1 Å².